The van der Waals surface area contributed by atoms with Gasteiger partial charge < -0.3 is 15.1 Å². The molecule has 104 valence electrons. The molecule has 2 rings (SSSR count). The highest BCUT2D eigenvalue weighted by Gasteiger charge is 2.14. The predicted octanol–water partition coefficient (Wildman–Crippen LogP) is 2.69. The molecule has 1 amide bonds. The van der Waals surface area contributed by atoms with E-state index in [1.807, 2.05) is 37.3 Å². The van der Waals surface area contributed by atoms with Crippen molar-refractivity contribution in [3.63, 3.8) is 0 Å². The lowest BCUT2D eigenvalue weighted by Crippen LogP contribution is -2.31. The molecule has 0 saturated heterocycles. The maximum absolute atomic E-state index is 12.3. The van der Waals surface area contributed by atoms with Gasteiger partial charge in [0.1, 0.15) is 0 Å². The van der Waals surface area contributed by atoms with Crippen LogP contribution in [0.4, 0.5) is 5.69 Å². The van der Waals surface area contributed by atoms with Crippen molar-refractivity contribution in [2.24, 2.45) is 0 Å². The molecule has 0 aliphatic rings. The van der Waals surface area contributed by atoms with E-state index in [1.54, 1.807) is 11.0 Å². The van der Waals surface area contributed by atoms with Gasteiger partial charge in [-0.1, -0.05) is 24.3 Å². The van der Waals surface area contributed by atoms with E-state index in [-0.39, 0.29) is 23.8 Å². The van der Waals surface area contributed by atoms with Crippen molar-refractivity contribution in [3.05, 3.63) is 54.1 Å². The summed E-state index contributed by atoms with van der Waals surface area (Å²) in [5.74, 6) is -0.446. The van der Waals surface area contributed by atoms with Crippen LogP contribution in [0.1, 0.15) is 12.5 Å². The second-order valence-electron chi connectivity index (χ2n) is 4.47. The maximum Gasteiger partial charge on any atom is 0.231 e. The molecule has 4 nitrogen and oxygen atoms in total. The van der Waals surface area contributed by atoms with Crippen LogP contribution in [0.25, 0.3) is 0 Å². The molecule has 0 saturated carbocycles. The first kappa shape index (κ1) is 13.9. The molecule has 4 heteroatoms. The Hall–Kier alpha value is -2.49. The number of phenols is 2. The van der Waals surface area contributed by atoms with Crippen LogP contribution in [0, 0.1) is 0 Å². The first-order chi connectivity index (χ1) is 9.61. The average molecular weight is 271 g/mol. The molecular formula is C16H17NO3. The first-order valence-electron chi connectivity index (χ1n) is 6.48. The summed E-state index contributed by atoms with van der Waals surface area (Å²) in [5, 5.41) is 18.7. The predicted molar refractivity (Wildman–Crippen MR) is 77.9 cm³/mol. The number of aromatic hydroxyl groups is 2. The molecule has 0 unspecified atom stereocenters. The van der Waals surface area contributed by atoms with E-state index in [0.717, 1.165) is 5.69 Å². The van der Waals surface area contributed by atoms with E-state index < -0.39 is 0 Å². The standard InChI is InChI=1S/C16H17NO3/c1-2-17(13-6-4-3-5-7-13)16(20)11-12-8-9-14(18)15(19)10-12/h3-10,18-19H,2,11H2,1H3. The van der Waals surface area contributed by atoms with Crippen LogP contribution in [0.5, 0.6) is 11.5 Å². The van der Waals surface area contributed by atoms with E-state index in [9.17, 15) is 15.0 Å². The number of carbonyl (C=O) groups is 1. The minimum atomic E-state index is -0.210. The molecule has 2 aromatic carbocycles. The zero-order chi connectivity index (χ0) is 14.5. The Kier molecular flexibility index (Phi) is 4.25. The van der Waals surface area contributed by atoms with Crippen molar-refractivity contribution in [1.82, 2.24) is 0 Å². The average Bonchev–Trinajstić information content (AvgIpc) is 2.45. The molecule has 0 fully saturated rings. The number of hydrogen-bond acceptors (Lipinski definition) is 3. The highest BCUT2D eigenvalue weighted by Crippen LogP contribution is 2.25. The van der Waals surface area contributed by atoms with Gasteiger partial charge in [0, 0.05) is 12.2 Å². The fourth-order valence-electron chi connectivity index (χ4n) is 2.06. The molecule has 0 aliphatic carbocycles. The van der Waals surface area contributed by atoms with Gasteiger partial charge in [0.15, 0.2) is 11.5 Å². The summed E-state index contributed by atoms with van der Waals surface area (Å²) < 4.78 is 0. The summed E-state index contributed by atoms with van der Waals surface area (Å²) >= 11 is 0. The summed E-state index contributed by atoms with van der Waals surface area (Å²) in [4.78, 5) is 14.0. The summed E-state index contributed by atoms with van der Waals surface area (Å²) in [6.45, 7) is 2.49. The number of benzene rings is 2. The molecule has 2 N–H and O–H groups in total. The minimum absolute atomic E-state index is 0.0520. The molecule has 20 heavy (non-hydrogen) atoms. The third kappa shape index (κ3) is 3.09. The normalized spacial score (nSPS) is 10.2. The van der Waals surface area contributed by atoms with Gasteiger partial charge in [0.2, 0.25) is 5.91 Å². The van der Waals surface area contributed by atoms with Gasteiger partial charge in [-0.3, -0.25) is 4.79 Å². The molecule has 0 aromatic heterocycles. The molecule has 0 aliphatic heterocycles. The maximum atomic E-state index is 12.3. The van der Waals surface area contributed by atoms with Crippen LogP contribution in [-0.4, -0.2) is 22.7 Å². The number of hydrogen-bond donors (Lipinski definition) is 2. The topological polar surface area (TPSA) is 60.8 Å². The van der Waals surface area contributed by atoms with Crippen LogP contribution in [0.2, 0.25) is 0 Å². The zero-order valence-corrected chi connectivity index (χ0v) is 11.3. The Labute approximate surface area is 117 Å². The van der Waals surface area contributed by atoms with Crippen LogP contribution in [0.3, 0.4) is 0 Å². The number of amides is 1. The number of likely N-dealkylation sites (N-methyl/N-ethyl adjacent to an activating group) is 1. The molecule has 0 bridgehead atoms. The van der Waals surface area contributed by atoms with Gasteiger partial charge in [-0.25, -0.2) is 0 Å². The van der Waals surface area contributed by atoms with E-state index >= 15 is 0 Å². The largest absolute Gasteiger partial charge is 0.504 e. The van der Waals surface area contributed by atoms with Gasteiger partial charge in [-0.15, -0.1) is 0 Å². The SMILES string of the molecule is CCN(C(=O)Cc1ccc(O)c(O)c1)c1ccccc1. The summed E-state index contributed by atoms with van der Waals surface area (Å²) in [6.07, 6.45) is 0.177. The van der Waals surface area contributed by atoms with E-state index in [4.69, 9.17) is 0 Å². The van der Waals surface area contributed by atoms with Gasteiger partial charge in [0.25, 0.3) is 0 Å². The second-order valence-corrected chi connectivity index (χ2v) is 4.47. The lowest BCUT2D eigenvalue weighted by atomic mass is 10.1. The monoisotopic (exact) mass is 271 g/mol. The number of para-hydroxylation sites is 1. The minimum Gasteiger partial charge on any atom is -0.504 e. The van der Waals surface area contributed by atoms with Crippen LogP contribution in [-0.2, 0) is 11.2 Å². The highest BCUT2D eigenvalue weighted by molar-refractivity contribution is 5.94. The van der Waals surface area contributed by atoms with Gasteiger partial charge >= 0.3 is 0 Å². The van der Waals surface area contributed by atoms with Crippen molar-refractivity contribution < 1.29 is 15.0 Å². The molecule has 0 radical (unpaired) electrons. The van der Waals surface area contributed by atoms with Crippen molar-refractivity contribution in [2.75, 3.05) is 11.4 Å². The number of nitrogens with zero attached hydrogens (tertiary/aromatic N) is 1. The Morgan fingerprint density at radius 1 is 1.05 bits per heavy atom. The second kappa shape index (κ2) is 6.10. The fourth-order valence-corrected chi connectivity index (χ4v) is 2.06. The fraction of sp³-hybridized carbons (Fsp3) is 0.188. The zero-order valence-electron chi connectivity index (χ0n) is 11.3. The summed E-state index contributed by atoms with van der Waals surface area (Å²) in [7, 11) is 0. The van der Waals surface area contributed by atoms with E-state index in [0.29, 0.717) is 12.1 Å². The summed E-state index contributed by atoms with van der Waals surface area (Å²) in [5.41, 5.74) is 1.52. The van der Waals surface area contributed by atoms with Crippen molar-refractivity contribution >= 4 is 11.6 Å². The molecular weight excluding hydrogens is 254 g/mol. The lowest BCUT2D eigenvalue weighted by Gasteiger charge is -2.21. The van der Waals surface area contributed by atoms with Crippen LogP contribution < -0.4 is 4.90 Å². The number of phenolic OH excluding ortho intramolecular Hbond substituents is 2. The lowest BCUT2D eigenvalue weighted by molar-refractivity contribution is -0.117. The van der Waals surface area contributed by atoms with Gasteiger partial charge in [0.05, 0.1) is 6.42 Å². The molecule has 0 heterocycles. The Morgan fingerprint density at radius 3 is 2.35 bits per heavy atom. The smallest absolute Gasteiger partial charge is 0.231 e. The molecule has 0 spiro atoms. The van der Waals surface area contributed by atoms with E-state index in [2.05, 4.69) is 0 Å². The quantitative estimate of drug-likeness (QED) is 0.840. The summed E-state index contributed by atoms with van der Waals surface area (Å²) in [6, 6.07) is 13.9. The number of carbonyl (C=O) groups excluding carboxylic acids is 1. The third-order valence-corrected chi connectivity index (χ3v) is 3.08. The Balaban J connectivity index is 2.15. The third-order valence-electron chi connectivity index (χ3n) is 3.08. The Morgan fingerprint density at radius 2 is 1.75 bits per heavy atom. The number of anilines is 1. The van der Waals surface area contributed by atoms with Gasteiger partial charge in [-0.2, -0.15) is 0 Å². The van der Waals surface area contributed by atoms with Crippen LogP contribution in [0.15, 0.2) is 48.5 Å². The highest BCUT2D eigenvalue weighted by atomic mass is 16.3. The van der Waals surface area contributed by atoms with Crippen molar-refractivity contribution in [2.45, 2.75) is 13.3 Å². The van der Waals surface area contributed by atoms with Gasteiger partial charge in [-0.05, 0) is 36.8 Å². The van der Waals surface area contributed by atoms with Crippen molar-refractivity contribution in [3.8, 4) is 11.5 Å². The van der Waals surface area contributed by atoms with Crippen molar-refractivity contribution in [1.29, 1.82) is 0 Å². The van der Waals surface area contributed by atoms with E-state index in [1.165, 1.54) is 12.1 Å². The first-order valence-corrected chi connectivity index (χ1v) is 6.48. The molecule has 0 atom stereocenters. The Bertz CT molecular complexity index is 596. The van der Waals surface area contributed by atoms with Crippen LogP contribution >= 0.6 is 0 Å². The number of rotatable bonds is 4. The molecule has 2 aromatic rings.